The van der Waals surface area contributed by atoms with Crippen molar-refractivity contribution < 1.29 is 0 Å². The predicted molar refractivity (Wildman–Crippen MR) is 100 cm³/mol. The Morgan fingerprint density at radius 3 is 2.67 bits per heavy atom. The second kappa shape index (κ2) is 6.19. The highest BCUT2D eigenvalue weighted by atomic mass is 35.5. The Bertz CT molecular complexity index is 997. The van der Waals surface area contributed by atoms with Gasteiger partial charge in [0.25, 0.3) is 0 Å². The first-order chi connectivity index (χ1) is 11.7. The molecule has 0 spiro atoms. The number of benzene rings is 1. The van der Waals surface area contributed by atoms with E-state index in [-0.39, 0.29) is 0 Å². The van der Waals surface area contributed by atoms with Crippen LogP contribution in [0.15, 0.2) is 54.9 Å². The number of rotatable bonds is 3. The van der Waals surface area contributed by atoms with Crippen LogP contribution in [0.1, 0.15) is 4.88 Å². The first kappa shape index (κ1) is 15.1. The molecule has 4 nitrogen and oxygen atoms in total. The highest BCUT2D eigenvalue weighted by Gasteiger charge is 2.12. The molecule has 0 radical (unpaired) electrons. The Morgan fingerprint density at radius 1 is 1.08 bits per heavy atom. The molecule has 118 valence electrons. The molecule has 0 aliphatic rings. The van der Waals surface area contributed by atoms with E-state index in [2.05, 4.69) is 28.3 Å². The van der Waals surface area contributed by atoms with Crippen LogP contribution in [0.3, 0.4) is 0 Å². The van der Waals surface area contributed by atoms with Gasteiger partial charge >= 0.3 is 0 Å². The first-order valence-electron chi connectivity index (χ1n) is 7.40. The van der Waals surface area contributed by atoms with Gasteiger partial charge in [0.15, 0.2) is 5.82 Å². The molecule has 0 amide bonds. The lowest BCUT2D eigenvalue weighted by Crippen LogP contribution is -1.98. The third-order valence-electron chi connectivity index (χ3n) is 3.54. The van der Waals surface area contributed by atoms with Crippen LogP contribution < -0.4 is 5.32 Å². The molecule has 0 fully saturated rings. The summed E-state index contributed by atoms with van der Waals surface area (Å²) in [5.74, 6) is 1.44. The normalized spacial score (nSPS) is 10.9. The second-order valence-corrected chi connectivity index (χ2v) is 7.02. The van der Waals surface area contributed by atoms with Crippen LogP contribution in [-0.2, 0) is 0 Å². The smallest absolute Gasteiger partial charge is 0.164 e. The Morgan fingerprint density at radius 2 is 1.92 bits per heavy atom. The minimum atomic E-state index is 0.661. The Labute approximate surface area is 148 Å². The lowest BCUT2D eigenvalue weighted by molar-refractivity contribution is 1.21. The lowest BCUT2D eigenvalue weighted by atomic mass is 10.2. The number of anilines is 2. The van der Waals surface area contributed by atoms with Crippen LogP contribution in [0.4, 0.5) is 11.5 Å². The van der Waals surface area contributed by atoms with Crippen molar-refractivity contribution in [3.8, 4) is 11.4 Å². The van der Waals surface area contributed by atoms with Gasteiger partial charge in [-0.25, -0.2) is 9.97 Å². The standard InChI is InChI=1S/C18H13ClN4S/c1-11-9-15-17(21-14-6-4-13(19)5-7-14)22-16(23-18(15)24-11)12-3-2-8-20-10-12/h2-10H,1H3,(H,21,22,23). The SMILES string of the molecule is Cc1cc2c(Nc3ccc(Cl)cc3)nc(-c3cccnc3)nc2s1. The third kappa shape index (κ3) is 2.96. The number of nitrogens with one attached hydrogen (secondary N) is 1. The molecule has 6 heteroatoms. The van der Waals surface area contributed by atoms with Crippen LogP contribution in [-0.4, -0.2) is 15.0 Å². The van der Waals surface area contributed by atoms with Crippen molar-refractivity contribution >= 4 is 44.7 Å². The predicted octanol–water partition coefficient (Wildman–Crippen LogP) is 5.46. The summed E-state index contributed by atoms with van der Waals surface area (Å²) in [6, 6.07) is 13.5. The van der Waals surface area contributed by atoms with Gasteiger partial charge in [-0.05, 0) is 49.4 Å². The largest absolute Gasteiger partial charge is 0.340 e. The number of halogens is 1. The van der Waals surface area contributed by atoms with E-state index < -0.39 is 0 Å². The molecule has 3 heterocycles. The average Bonchev–Trinajstić information content (AvgIpc) is 2.98. The maximum Gasteiger partial charge on any atom is 0.164 e. The lowest BCUT2D eigenvalue weighted by Gasteiger charge is -2.09. The summed E-state index contributed by atoms with van der Waals surface area (Å²) in [7, 11) is 0. The van der Waals surface area contributed by atoms with E-state index in [4.69, 9.17) is 16.6 Å². The van der Waals surface area contributed by atoms with Crippen molar-refractivity contribution in [2.45, 2.75) is 6.92 Å². The fourth-order valence-electron chi connectivity index (χ4n) is 2.43. The van der Waals surface area contributed by atoms with Crippen LogP contribution in [0.2, 0.25) is 5.02 Å². The van der Waals surface area contributed by atoms with E-state index in [1.165, 1.54) is 4.88 Å². The van der Waals surface area contributed by atoms with Gasteiger partial charge in [0.1, 0.15) is 10.6 Å². The summed E-state index contributed by atoms with van der Waals surface area (Å²) in [5, 5.41) is 5.09. The molecule has 4 aromatic rings. The van der Waals surface area contributed by atoms with Crippen LogP contribution in [0.25, 0.3) is 21.6 Å². The molecule has 0 unspecified atom stereocenters. The topological polar surface area (TPSA) is 50.7 Å². The van der Waals surface area contributed by atoms with E-state index in [1.54, 1.807) is 23.7 Å². The molecule has 0 atom stereocenters. The monoisotopic (exact) mass is 352 g/mol. The average molecular weight is 353 g/mol. The summed E-state index contributed by atoms with van der Waals surface area (Å²) in [6.45, 7) is 2.07. The zero-order valence-electron chi connectivity index (χ0n) is 12.8. The van der Waals surface area contributed by atoms with Gasteiger partial charge in [-0.3, -0.25) is 4.98 Å². The minimum absolute atomic E-state index is 0.661. The number of nitrogens with zero attached hydrogens (tertiary/aromatic N) is 3. The maximum absolute atomic E-state index is 5.96. The molecular formula is C18H13ClN4S. The first-order valence-corrected chi connectivity index (χ1v) is 8.60. The highest BCUT2D eigenvalue weighted by molar-refractivity contribution is 7.18. The number of aromatic nitrogens is 3. The van der Waals surface area contributed by atoms with E-state index in [0.717, 1.165) is 27.3 Å². The zero-order valence-corrected chi connectivity index (χ0v) is 14.4. The van der Waals surface area contributed by atoms with Gasteiger partial charge in [-0.2, -0.15) is 0 Å². The molecule has 4 rings (SSSR count). The number of hydrogen-bond donors (Lipinski definition) is 1. The van der Waals surface area contributed by atoms with Crippen molar-refractivity contribution in [2.24, 2.45) is 0 Å². The molecular weight excluding hydrogens is 340 g/mol. The second-order valence-electron chi connectivity index (χ2n) is 5.35. The van der Waals surface area contributed by atoms with Crippen molar-refractivity contribution in [3.05, 3.63) is 64.8 Å². The Kier molecular flexibility index (Phi) is 3.88. The fourth-order valence-corrected chi connectivity index (χ4v) is 3.44. The number of thiophene rings is 1. The fraction of sp³-hybridized carbons (Fsp3) is 0.0556. The van der Waals surface area contributed by atoms with E-state index in [0.29, 0.717) is 10.8 Å². The van der Waals surface area contributed by atoms with Crippen LogP contribution in [0.5, 0.6) is 0 Å². The van der Waals surface area contributed by atoms with Gasteiger partial charge < -0.3 is 5.32 Å². The molecule has 0 bridgehead atoms. The summed E-state index contributed by atoms with van der Waals surface area (Å²) >= 11 is 7.62. The Hall–Kier alpha value is -2.50. The molecule has 24 heavy (non-hydrogen) atoms. The van der Waals surface area contributed by atoms with Crippen LogP contribution >= 0.6 is 22.9 Å². The minimum Gasteiger partial charge on any atom is -0.340 e. The maximum atomic E-state index is 5.96. The van der Waals surface area contributed by atoms with Crippen molar-refractivity contribution in [1.29, 1.82) is 0 Å². The number of pyridine rings is 1. The molecule has 0 aliphatic heterocycles. The van der Waals surface area contributed by atoms with E-state index in [9.17, 15) is 0 Å². The highest BCUT2D eigenvalue weighted by Crippen LogP contribution is 2.32. The number of aryl methyl sites for hydroxylation is 1. The van der Waals surface area contributed by atoms with Gasteiger partial charge in [0.2, 0.25) is 0 Å². The molecule has 1 N–H and O–H groups in total. The zero-order chi connectivity index (χ0) is 16.5. The van der Waals surface area contributed by atoms with Gasteiger partial charge in [0, 0.05) is 33.5 Å². The Balaban J connectivity index is 1.84. The quantitative estimate of drug-likeness (QED) is 0.532. The van der Waals surface area contributed by atoms with Crippen molar-refractivity contribution in [1.82, 2.24) is 15.0 Å². The van der Waals surface area contributed by atoms with Crippen molar-refractivity contribution in [2.75, 3.05) is 5.32 Å². The van der Waals surface area contributed by atoms with Gasteiger partial charge in [-0.1, -0.05) is 11.6 Å². The molecule has 1 aromatic carbocycles. The summed E-state index contributed by atoms with van der Waals surface area (Å²) in [6.07, 6.45) is 3.51. The van der Waals surface area contributed by atoms with Gasteiger partial charge in [0.05, 0.1) is 5.39 Å². The molecule has 0 saturated heterocycles. The summed E-state index contributed by atoms with van der Waals surface area (Å²) < 4.78 is 0. The molecule has 0 aliphatic carbocycles. The number of fused-ring (bicyclic) bond motifs is 1. The molecule has 3 aromatic heterocycles. The van der Waals surface area contributed by atoms with Gasteiger partial charge in [-0.15, -0.1) is 11.3 Å². The van der Waals surface area contributed by atoms with Crippen LogP contribution in [0, 0.1) is 6.92 Å². The van der Waals surface area contributed by atoms with E-state index in [1.807, 2.05) is 36.4 Å². The third-order valence-corrected chi connectivity index (χ3v) is 4.74. The summed E-state index contributed by atoms with van der Waals surface area (Å²) in [5.41, 5.74) is 1.82. The molecule has 0 saturated carbocycles. The van der Waals surface area contributed by atoms with Crippen molar-refractivity contribution in [3.63, 3.8) is 0 Å². The summed E-state index contributed by atoms with van der Waals surface area (Å²) in [4.78, 5) is 15.7. The number of hydrogen-bond acceptors (Lipinski definition) is 5. The van der Waals surface area contributed by atoms with E-state index >= 15 is 0 Å².